The van der Waals surface area contributed by atoms with Crippen LogP contribution in [0.2, 0.25) is 0 Å². The van der Waals surface area contributed by atoms with E-state index in [1.807, 2.05) is 6.92 Å². The van der Waals surface area contributed by atoms with Crippen molar-refractivity contribution < 1.29 is 68.5 Å². The average molecular weight is 649 g/mol. The van der Waals surface area contributed by atoms with Crippen LogP contribution in [0.5, 0.6) is 0 Å². The van der Waals surface area contributed by atoms with Crippen LogP contribution in [0.15, 0.2) is 0 Å². The monoisotopic (exact) mass is 648 g/mol. The van der Waals surface area contributed by atoms with Crippen molar-refractivity contribution in [1.29, 1.82) is 0 Å². The molecule has 3 amide bonds. The van der Waals surface area contributed by atoms with Gasteiger partial charge < -0.3 is 54.2 Å². The number of unbranched alkanes of at least 4 members (excludes halogenated alkanes) is 3. The largest absolute Gasteiger partial charge is 0.394 e. The zero-order valence-electron chi connectivity index (χ0n) is 25.7. The van der Waals surface area contributed by atoms with E-state index in [9.17, 15) is 44.7 Å². The summed E-state index contributed by atoms with van der Waals surface area (Å²) in [6.07, 6.45) is -4.27. The summed E-state index contributed by atoms with van der Waals surface area (Å²) in [7, 11) is 0. The molecule has 3 saturated heterocycles. The van der Waals surface area contributed by atoms with Crippen molar-refractivity contribution in [2.75, 3.05) is 32.9 Å². The lowest BCUT2D eigenvalue weighted by molar-refractivity contribution is -0.301. The molecule has 45 heavy (non-hydrogen) atoms. The van der Waals surface area contributed by atoms with Gasteiger partial charge in [0.2, 0.25) is 5.91 Å². The van der Waals surface area contributed by atoms with Crippen molar-refractivity contribution in [2.45, 2.75) is 127 Å². The highest BCUT2D eigenvalue weighted by Gasteiger charge is 2.44. The smallest absolute Gasteiger partial charge is 0.333 e. The SMILES string of the molecule is C[C@H]1CC[C@H](O)[C@H](OCCN(CCCO[C@H]2O[C@H](CO)[C@@H](O)[C@H](O)[C@@H]2O)C(=O)CCCCCCC(=O)ON2C(=O)CCC2=O)O1. The third-order valence-electron chi connectivity index (χ3n) is 7.97. The van der Waals surface area contributed by atoms with Crippen molar-refractivity contribution in [2.24, 2.45) is 0 Å². The zero-order chi connectivity index (χ0) is 32.9. The fourth-order valence-corrected chi connectivity index (χ4v) is 5.24. The van der Waals surface area contributed by atoms with E-state index < -0.39 is 67.5 Å². The summed E-state index contributed by atoms with van der Waals surface area (Å²) in [5, 5.41) is 50.1. The Hall–Kier alpha value is -2.28. The van der Waals surface area contributed by atoms with Gasteiger partial charge in [0.05, 0.1) is 25.9 Å². The third-order valence-corrected chi connectivity index (χ3v) is 7.97. The van der Waals surface area contributed by atoms with Crippen molar-refractivity contribution in [3.05, 3.63) is 0 Å². The Bertz CT molecular complexity index is 951. The maximum atomic E-state index is 13.1. The fraction of sp³-hybridized carbons (Fsp3) is 0.862. The second-order valence-electron chi connectivity index (χ2n) is 11.6. The number of carbonyl (C=O) groups is 4. The molecular weight excluding hydrogens is 600 g/mol. The minimum absolute atomic E-state index is 0.0318. The Morgan fingerprint density at radius 3 is 2.18 bits per heavy atom. The molecule has 0 saturated carbocycles. The predicted octanol–water partition coefficient (Wildman–Crippen LogP) is -1.13. The van der Waals surface area contributed by atoms with E-state index >= 15 is 0 Å². The number of imide groups is 1. The van der Waals surface area contributed by atoms with Crippen LogP contribution in [-0.2, 0) is 43.0 Å². The summed E-state index contributed by atoms with van der Waals surface area (Å²) in [6, 6.07) is 0. The average Bonchev–Trinajstić information content (AvgIpc) is 3.33. The molecule has 16 nitrogen and oxygen atoms in total. The van der Waals surface area contributed by atoms with Crippen LogP contribution in [0.3, 0.4) is 0 Å². The second kappa shape index (κ2) is 18.8. The number of aliphatic hydroxyl groups is 5. The van der Waals surface area contributed by atoms with Gasteiger partial charge in [-0.1, -0.05) is 12.8 Å². The van der Waals surface area contributed by atoms with Crippen LogP contribution in [0.1, 0.15) is 77.6 Å². The number of nitrogens with zero attached hydrogens (tertiary/aromatic N) is 2. The Morgan fingerprint density at radius 1 is 0.822 bits per heavy atom. The molecule has 0 aromatic carbocycles. The molecule has 0 aliphatic carbocycles. The molecule has 0 spiro atoms. The first-order valence-electron chi connectivity index (χ1n) is 15.7. The van der Waals surface area contributed by atoms with Crippen LogP contribution in [0.25, 0.3) is 0 Å². The molecule has 5 N–H and O–H groups in total. The molecule has 0 unspecified atom stereocenters. The van der Waals surface area contributed by atoms with Crippen LogP contribution >= 0.6 is 0 Å². The molecule has 3 rings (SSSR count). The number of hydroxylamine groups is 2. The van der Waals surface area contributed by atoms with E-state index in [4.69, 9.17) is 23.8 Å². The van der Waals surface area contributed by atoms with Crippen molar-refractivity contribution in [1.82, 2.24) is 9.96 Å². The Morgan fingerprint density at radius 2 is 1.49 bits per heavy atom. The number of carbonyl (C=O) groups excluding carboxylic acids is 4. The van der Waals surface area contributed by atoms with Gasteiger partial charge in [0, 0.05) is 38.8 Å². The molecule has 0 aromatic rings. The van der Waals surface area contributed by atoms with Gasteiger partial charge in [-0.25, -0.2) is 4.79 Å². The molecule has 3 aliphatic rings. The van der Waals surface area contributed by atoms with Gasteiger partial charge in [-0.3, -0.25) is 14.4 Å². The highest BCUT2D eigenvalue weighted by molar-refractivity contribution is 6.01. The summed E-state index contributed by atoms with van der Waals surface area (Å²) in [6.45, 7) is 1.98. The quantitative estimate of drug-likeness (QED) is 0.0877. The minimum atomic E-state index is -1.56. The van der Waals surface area contributed by atoms with Crippen LogP contribution in [-0.4, -0.2) is 141 Å². The molecule has 0 radical (unpaired) electrons. The maximum absolute atomic E-state index is 13.1. The van der Waals surface area contributed by atoms with Gasteiger partial charge >= 0.3 is 5.97 Å². The number of hydrogen-bond donors (Lipinski definition) is 5. The van der Waals surface area contributed by atoms with Crippen molar-refractivity contribution >= 4 is 23.7 Å². The molecule has 0 bridgehead atoms. The molecule has 3 aliphatic heterocycles. The van der Waals surface area contributed by atoms with Crippen molar-refractivity contribution in [3.63, 3.8) is 0 Å². The number of hydrogen-bond acceptors (Lipinski definition) is 14. The molecule has 0 aromatic heterocycles. The van der Waals surface area contributed by atoms with E-state index in [2.05, 4.69) is 0 Å². The van der Waals surface area contributed by atoms with Crippen LogP contribution in [0, 0.1) is 0 Å². The van der Waals surface area contributed by atoms with Gasteiger partial charge in [-0.05, 0) is 39.0 Å². The molecule has 3 heterocycles. The van der Waals surface area contributed by atoms with Gasteiger partial charge in [0.1, 0.15) is 30.5 Å². The lowest BCUT2D eigenvalue weighted by Gasteiger charge is -2.39. The van der Waals surface area contributed by atoms with Gasteiger partial charge in [-0.15, -0.1) is 5.06 Å². The normalized spacial score (nSPS) is 30.5. The van der Waals surface area contributed by atoms with E-state index in [1.165, 1.54) is 0 Å². The molecule has 3 fully saturated rings. The lowest BCUT2D eigenvalue weighted by Crippen LogP contribution is -2.59. The highest BCUT2D eigenvalue weighted by atomic mass is 16.7. The summed E-state index contributed by atoms with van der Waals surface area (Å²) < 4.78 is 22.3. The molecule has 16 heteroatoms. The highest BCUT2D eigenvalue weighted by Crippen LogP contribution is 2.23. The Labute approximate surface area is 262 Å². The molecule has 258 valence electrons. The standard InChI is InChI=1S/C29H48N2O14/c1-18-9-10-19(33)28(43-18)42-16-14-30(13-6-15-41-29-27(40)26(39)25(38)20(17-32)44-29)21(34)7-4-2-3-5-8-24(37)45-31-22(35)11-12-23(31)36/h18-20,25-29,32-33,38-40H,2-17H2,1H3/t18-,19-,20+,25+,26-,27-,28+,29-/m0/s1. The summed E-state index contributed by atoms with van der Waals surface area (Å²) in [5.74, 6) is -1.86. The predicted molar refractivity (Wildman–Crippen MR) is 151 cm³/mol. The number of ether oxygens (including phenoxy) is 4. The topological polar surface area (TPSA) is 222 Å². The number of amides is 3. The number of rotatable bonds is 18. The van der Waals surface area contributed by atoms with Crippen LogP contribution in [0.4, 0.5) is 0 Å². The van der Waals surface area contributed by atoms with Gasteiger partial charge in [0.25, 0.3) is 11.8 Å². The summed E-state index contributed by atoms with van der Waals surface area (Å²) in [4.78, 5) is 54.6. The Kier molecular flexibility index (Phi) is 15.5. The van der Waals surface area contributed by atoms with Crippen molar-refractivity contribution in [3.8, 4) is 0 Å². The molecular formula is C29H48N2O14. The maximum Gasteiger partial charge on any atom is 0.333 e. The first kappa shape index (κ1) is 37.2. The van der Waals surface area contributed by atoms with Gasteiger partial charge in [0.15, 0.2) is 12.6 Å². The first-order chi connectivity index (χ1) is 21.5. The third kappa shape index (κ3) is 11.5. The summed E-state index contributed by atoms with van der Waals surface area (Å²) in [5.41, 5.74) is 0. The van der Waals surface area contributed by atoms with Gasteiger partial charge in [-0.2, -0.15) is 0 Å². The van der Waals surface area contributed by atoms with E-state index in [0.717, 1.165) is 6.42 Å². The van der Waals surface area contributed by atoms with E-state index in [-0.39, 0.29) is 64.0 Å². The lowest BCUT2D eigenvalue weighted by atomic mass is 9.99. The fourth-order valence-electron chi connectivity index (χ4n) is 5.24. The van der Waals surface area contributed by atoms with E-state index in [1.54, 1.807) is 4.90 Å². The Balaban J connectivity index is 1.40. The molecule has 8 atom stereocenters. The number of aliphatic hydroxyl groups excluding tert-OH is 5. The summed E-state index contributed by atoms with van der Waals surface area (Å²) >= 11 is 0. The first-order valence-corrected chi connectivity index (χ1v) is 15.7. The minimum Gasteiger partial charge on any atom is -0.394 e. The van der Waals surface area contributed by atoms with Crippen LogP contribution < -0.4 is 0 Å². The second-order valence-corrected chi connectivity index (χ2v) is 11.6. The van der Waals surface area contributed by atoms with E-state index in [0.29, 0.717) is 43.6 Å². The zero-order valence-corrected chi connectivity index (χ0v) is 25.7.